The Labute approximate surface area is 118 Å². The van der Waals surface area contributed by atoms with E-state index in [0.29, 0.717) is 11.8 Å². The predicted molar refractivity (Wildman–Crippen MR) is 73.2 cm³/mol. The van der Waals surface area contributed by atoms with Gasteiger partial charge in [0.25, 0.3) is 11.7 Å². The molecule has 1 aromatic heterocycles. The van der Waals surface area contributed by atoms with E-state index in [1.54, 1.807) is 0 Å². The summed E-state index contributed by atoms with van der Waals surface area (Å²) in [6, 6.07) is 0.285. The van der Waals surface area contributed by atoms with Crippen molar-refractivity contribution >= 4 is 5.91 Å². The molecule has 6 nitrogen and oxygen atoms in total. The Balaban J connectivity index is 1.59. The number of amides is 1. The Morgan fingerprint density at radius 1 is 1.35 bits per heavy atom. The molecule has 2 unspecified atom stereocenters. The molecule has 1 aromatic rings. The minimum absolute atomic E-state index is 0.108. The molecule has 110 valence electrons. The first-order valence-corrected chi connectivity index (χ1v) is 7.62. The van der Waals surface area contributed by atoms with Crippen LogP contribution in [0.1, 0.15) is 68.0 Å². The fourth-order valence-corrected chi connectivity index (χ4v) is 3.21. The van der Waals surface area contributed by atoms with E-state index >= 15 is 0 Å². The van der Waals surface area contributed by atoms with E-state index in [4.69, 9.17) is 4.52 Å². The van der Waals surface area contributed by atoms with Crippen molar-refractivity contribution in [2.45, 2.75) is 57.5 Å². The normalized spacial score (nSPS) is 24.9. The quantitative estimate of drug-likeness (QED) is 0.878. The largest absolute Gasteiger partial charge is 0.346 e. The number of hydrogen-bond acceptors (Lipinski definition) is 5. The van der Waals surface area contributed by atoms with Crippen molar-refractivity contribution in [3.05, 3.63) is 11.7 Å². The van der Waals surface area contributed by atoms with Crippen LogP contribution in [0.15, 0.2) is 4.52 Å². The molecule has 1 aliphatic carbocycles. The fourth-order valence-electron chi connectivity index (χ4n) is 3.21. The third-order valence-electron chi connectivity index (χ3n) is 4.47. The van der Waals surface area contributed by atoms with Gasteiger partial charge in [-0.2, -0.15) is 4.98 Å². The molecule has 2 atom stereocenters. The van der Waals surface area contributed by atoms with Crippen LogP contribution in [0.5, 0.6) is 0 Å². The first-order chi connectivity index (χ1) is 9.74. The molecular formula is C14H22N4O2. The van der Waals surface area contributed by atoms with E-state index < -0.39 is 0 Å². The van der Waals surface area contributed by atoms with Gasteiger partial charge >= 0.3 is 0 Å². The lowest BCUT2D eigenvalue weighted by molar-refractivity contribution is 0.0913. The van der Waals surface area contributed by atoms with Crippen LogP contribution in [0.2, 0.25) is 0 Å². The molecule has 1 amide bonds. The standard InChI is InChI=1S/C14H22N4O2/c1-9(10-5-2-3-6-10)16-13(19)12-17-14(20-18-12)11-7-4-8-15-11/h9-11,15H,2-8H2,1H3,(H,16,19). The molecule has 2 N–H and O–H groups in total. The van der Waals surface area contributed by atoms with Crippen LogP contribution < -0.4 is 10.6 Å². The van der Waals surface area contributed by atoms with E-state index in [9.17, 15) is 4.79 Å². The maximum absolute atomic E-state index is 12.1. The molecule has 1 aliphatic heterocycles. The van der Waals surface area contributed by atoms with E-state index in [1.807, 2.05) is 0 Å². The van der Waals surface area contributed by atoms with Gasteiger partial charge in [0, 0.05) is 6.04 Å². The van der Waals surface area contributed by atoms with Crippen molar-refractivity contribution in [2.75, 3.05) is 6.54 Å². The van der Waals surface area contributed by atoms with Gasteiger partial charge in [-0.15, -0.1) is 0 Å². The number of nitrogens with zero attached hydrogens (tertiary/aromatic N) is 2. The van der Waals surface area contributed by atoms with E-state index in [-0.39, 0.29) is 23.8 Å². The first kappa shape index (κ1) is 13.5. The Kier molecular flexibility index (Phi) is 4.00. The average Bonchev–Trinajstić information content (AvgIpc) is 3.19. The molecule has 1 saturated carbocycles. The summed E-state index contributed by atoms with van der Waals surface area (Å²) in [5.41, 5.74) is 0. The third-order valence-corrected chi connectivity index (χ3v) is 4.47. The summed E-state index contributed by atoms with van der Waals surface area (Å²) in [5, 5.41) is 10.1. The summed E-state index contributed by atoms with van der Waals surface area (Å²) in [7, 11) is 0. The molecule has 2 aliphatic rings. The number of aromatic nitrogens is 2. The van der Waals surface area contributed by atoms with Gasteiger partial charge in [-0.25, -0.2) is 0 Å². The van der Waals surface area contributed by atoms with Crippen LogP contribution in [-0.4, -0.2) is 28.6 Å². The molecule has 2 heterocycles. The number of rotatable bonds is 4. The topological polar surface area (TPSA) is 80.0 Å². The maximum Gasteiger partial charge on any atom is 0.292 e. The lowest BCUT2D eigenvalue weighted by Gasteiger charge is -2.19. The number of carbonyl (C=O) groups is 1. The lowest BCUT2D eigenvalue weighted by Crippen LogP contribution is -2.37. The summed E-state index contributed by atoms with van der Waals surface area (Å²) < 4.78 is 5.19. The van der Waals surface area contributed by atoms with Gasteiger partial charge < -0.3 is 15.2 Å². The molecular weight excluding hydrogens is 256 g/mol. The summed E-state index contributed by atoms with van der Waals surface area (Å²) in [5.74, 6) is 1.04. The molecule has 0 spiro atoms. The second kappa shape index (κ2) is 5.91. The Morgan fingerprint density at radius 3 is 2.85 bits per heavy atom. The highest BCUT2D eigenvalue weighted by molar-refractivity contribution is 5.90. The van der Waals surface area contributed by atoms with Gasteiger partial charge in [0.05, 0.1) is 6.04 Å². The van der Waals surface area contributed by atoms with Crippen molar-refractivity contribution < 1.29 is 9.32 Å². The van der Waals surface area contributed by atoms with Crippen molar-refractivity contribution in [1.82, 2.24) is 20.8 Å². The van der Waals surface area contributed by atoms with E-state index in [0.717, 1.165) is 19.4 Å². The molecule has 3 rings (SSSR count). The number of carbonyl (C=O) groups excluding carboxylic acids is 1. The van der Waals surface area contributed by atoms with Gasteiger partial charge in [-0.05, 0) is 45.1 Å². The fraction of sp³-hybridized carbons (Fsp3) is 0.786. The van der Waals surface area contributed by atoms with Gasteiger partial charge in [-0.1, -0.05) is 18.0 Å². The maximum atomic E-state index is 12.1. The Bertz CT molecular complexity index is 461. The van der Waals surface area contributed by atoms with E-state index in [2.05, 4.69) is 27.7 Å². The zero-order valence-electron chi connectivity index (χ0n) is 11.9. The van der Waals surface area contributed by atoms with Crippen LogP contribution >= 0.6 is 0 Å². The van der Waals surface area contributed by atoms with Crippen molar-refractivity contribution in [3.8, 4) is 0 Å². The minimum Gasteiger partial charge on any atom is -0.346 e. The van der Waals surface area contributed by atoms with Crippen molar-refractivity contribution in [3.63, 3.8) is 0 Å². The minimum atomic E-state index is -0.225. The van der Waals surface area contributed by atoms with Gasteiger partial charge in [0.15, 0.2) is 0 Å². The Morgan fingerprint density at radius 2 is 2.15 bits per heavy atom. The van der Waals surface area contributed by atoms with Gasteiger partial charge in [0.2, 0.25) is 5.89 Å². The van der Waals surface area contributed by atoms with Crippen molar-refractivity contribution in [2.24, 2.45) is 5.92 Å². The van der Waals surface area contributed by atoms with Crippen LogP contribution in [-0.2, 0) is 0 Å². The highest BCUT2D eigenvalue weighted by Crippen LogP contribution is 2.27. The number of nitrogens with one attached hydrogen (secondary N) is 2. The monoisotopic (exact) mass is 278 g/mol. The molecule has 0 aromatic carbocycles. The van der Waals surface area contributed by atoms with Crippen LogP contribution in [0, 0.1) is 5.92 Å². The summed E-state index contributed by atoms with van der Waals surface area (Å²) >= 11 is 0. The van der Waals surface area contributed by atoms with Crippen molar-refractivity contribution in [1.29, 1.82) is 0 Å². The van der Waals surface area contributed by atoms with Crippen LogP contribution in [0.3, 0.4) is 0 Å². The second-order valence-electron chi connectivity index (χ2n) is 5.91. The van der Waals surface area contributed by atoms with Crippen LogP contribution in [0.25, 0.3) is 0 Å². The SMILES string of the molecule is CC(NC(=O)c1noc(C2CCCN2)n1)C1CCCC1. The van der Waals surface area contributed by atoms with Crippen LogP contribution in [0.4, 0.5) is 0 Å². The molecule has 1 saturated heterocycles. The predicted octanol–water partition coefficient (Wildman–Crippen LogP) is 1.80. The summed E-state index contributed by atoms with van der Waals surface area (Å²) in [4.78, 5) is 16.3. The first-order valence-electron chi connectivity index (χ1n) is 7.62. The zero-order chi connectivity index (χ0) is 13.9. The zero-order valence-corrected chi connectivity index (χ0v) is 11.9. The van der Waals surface area contributed by atoms with E-state index in [1.165, 1.54) is 25.7 Å². The lowest BCUT2D eigenvalue weighted by atomic mass is 10.00. The molecule has 2 fully saturated rings. The highest BCUT2D eigenvalue weighted by atomic mass is 16.5. The molecule has 6 heteroatoms. The molecule has 0 radical (unpaired) electrons. The smallest absolute Gasteiger partial charge is 0.292 e. The summed E-state index contributed by atoms with van der Waals surface area (Å²) in [6.45, 7) is 3.03. The average molecular weight is 278 g/mol. The Hall–Kier alpha value is -1.43. The van der Waals surface area contributed by atoms with Gasteiger partial charge in [0.1, 0.15) is 0 Å². The molecule has 0 bridgehead atoms. The second-order valence-corrected chi connectivity index (χ2v) is 5.91. The third kappa shape index (κ3) is 2.85. The number of hydrogen-bond donors (Lipinski definition) is 2. The van der Waals surface area contributed by atoms with Gasteiger partial charge in [-0.3, -0.25) is 4.79 Å². The molecule has 20 heavy (non-hydrogen) atoms. The highest BCUT2D eigenvalue weighted by Gasteiger charge is 2.27. The summed E-state index contributed by atoms with van der Waals surface area (Å²) in [6.07, 6.45) is 7.03.